The predicted molar refractivity (Wildman–Crippen MR) is 125 cm³/mol. The molecule has 1 heterocycles. The van der Waals surface area contributed by atoms with Crippen molar-refractivity contribution in [3.05, 3.63) is 0 Å². The summed E-state index contributed by atoms with van der Waals surface area (Å²) in [6, 6.07) is -1.90. The first-order chi connectivity index (χ1) is 14.9. The number of aliphatic carboxylic acids is 1. The van der Waals surface area contributed by atoms with E-state index in [0.717, 1.165) is 32.1 Å². The fraction of sp³-hybridized carbons (Fsp3) is 0.875. The first kappa shape index (κ1) is 26.9. The summed E-state index contributed by atoms with van der Waals surface area (Å²) in [5.41, 5.74) is 0. The van der Waals surface area contributed by atoms with E-state index in [-0.39, 0.29) is 36.2 Å². The van der Waals surface area contributed by atoms with Crippen LogP contribution in [0.3, 0.4) is 0 Å². The van der Waals surface area contributed by atoms with Crippen molar-refractivity contribution in [2.75, 3.05) is 6.61 Å². The van der Waals surface area contributed by atoms with Gasteiger partial charge in [-0.15, -0.1) is 12.4 Å². The molecule has 0 aromatic heterocycles. The Morgan fingerprint density at radius 1 is 1.06 bits per heavy atom. The second-order valence-electron chi connectivity index (χ2n) is 9.72. The van der Waals surface area contributed by atoms with E-state index in [4.69, 9.17) is 4.74 Å². The van der Waals surface area contributed by atoms with E-state index in [1.807, 2.05) is 0 Å². The molecule has 1 unspecified atom stereocenters. The topological polar surface area (TPSA) is 95.9 Å². The van der Waals surface area contributed by atoms with Gasteiger partial charge in [-0.2, -0.15) is 0 Å². The number of fused-ring (bicyclic) bond motifs is 1. The molecule has 0 aromatic carbocycles. The van der Waals surface area contributed by atoms with Crippen molar-refractivity contribution in [1.82, 2.24) is 10.2 Å². The van der Waals surface area contributed by atoms with Crippen molar-refractivity contribution < 1.29 is 24.2 Å². The van der Waals surface area contributed by atoms with Crippen molar-refractivity contribution in [3.63, 3.8) is 0 Å². The number of rotatable bonds is 9. The second-order valence-corrected chi connectivity index (χ2v) is 9.72. The third kappa shape index (κ3) is 6.60. The molecule has 3 fully saturated rings. The van der Waals surface area contributed by atoms with Crippen LogP contribution in [0, 0.1) is 11.8 Å². The van der Waals surface area contributed by atoms with Gasteiger partial charge in [0, 0.05) is 6.04 Å². The van der Waals surface area contributed by atoms with Gasteiger partial charge < -0.3 is 14.7 Å². The Morgan fingerprint density at radius 2 is 1.72 bits per heavy atom. The molecule has 184 valence electrons. The highest BCUT2D eigenvalue weighted by molar-refractivity contribution is 5.88. The third-order valence-electron chi connectivity index (χ3n) is 7.61. The molecule has 7 nitrogen and oxygen atoms in total. The maximum atomic E-state index is 13.4. The number of likely N-dealkylation sites (tertiary alicyclic amines) is 1. The standard InChI is InChI=1S/C24H40N2O5.ClH/c1-3-31-24(30)19(14-13-17-9-5-4-6-10-17)25-16(2)22(27)26-20-12-8-7-11-18(20)15-21(26)23(28)29;/h16-21,25H,3-15H2,1-2H3,(H,28,29);1H/t16-,18+,19?,20-,21-;/m0./s1. The molecule has 8 heteroatoms. The lowest BCUT2D eigenvalue weighted by Gasteiger charge is -2.35. The molecule has 0 spiro atoms. The van der Waals surface area contributed by atoms with Crippen LogP contribution in [0.25, 0.3) is 0 Å². The minimum Gasteiger partial charge on any atom is -0.480 e. The molecule has 1 amide bonds. The van der Waals surface area contributed by atoms with Crippen LogP contribution in [-0.4, -0.2) is 58.6 Å². The van der Waals surface area contributed by atoms with E-state index in [1.165, 1.54) is 32.1 Å². The summed E-state index contributed by atoms with van der Waals surface area (Å²) in [5.74, 6) is -0.526. The normalized spacial score (nSPS) is 27.7. The van der Waals surface area contributed by atoms with Crippen molar-refractivity contribution in [2.45, 2.75) is 115 Å². The Kier molecular flexibility index (Phi) is 10.7. The lowest BCUT2D eigenvalue weighted by atomic mass is 9.84. The number of nitrogens with zero attached hydrogens (tertiary/aromatic N) is 1. The zero-order valence-electron chi connectivity index (χ0n) is 19.6. The Morgan fingerprint density at radius 3 is 2.38 bits per heavy atom. The molecule has 3 aliphatic rings. The van der Waals surface area contributed by atoms with E-state index in [1.54, 1.807) is 18.7 Å². The molecule has 3 rings (SSSR count). The molecule has 5 atom stereocenters. The summed E-state index contributed by atoms with van der Waals surface area (Å²) < 4.78 is 5.27. The zero-order chi connectivity index (χ0) is 22.4. The second kappa shape index (κ2) is 12.8. The van der Waals surface area contributed by atoms with Crippen molar-refractivity contribution in [1.29, 1.82) is 0 Å². The molecule has 32 heavy (non-hydrogen) atoms. The van der Waals surface area contributed by atoms with Crippen LogP contribution in [-0.2, 0) is 19.1 Å². The summed E-state index contributed by atoms with van der Waals surface area (Å²) in [6.45, 7) is 3.85. The van der Waals surface area contributed by atoms with Crippen molar-refractivity contribution in [3.8, 4) is 0 Å². The first-order valence-corrected chi connectivity index (χ1v) is 12.4. The maximum absolute atomic E-state index is 13.4. The smallest absolute Gasteiger partial charge is 0.326 e. The molecule has 0 bridgehead atoms. The number of carbonyl (C=O) groups is 3. The number of nitrogens with one attached hydrogen (secondary N) is 1. The maximum Gasteiger partial charge on any atom is 0.326 e. The molecule has 1 aliphatic heterocycles. The van der Waals surface area contributed by atoms with Gasteiger partial charge in [-0.05, 0) is 57.8 Å². The van der Waals surface area contributed by atoms with Crippen LogP contribution in [0.15, 0.2) is 0 Å². The van der Waals surface area contributed by atoms with Gasteiger partial charge in [0.2, 0.25) is 5.91 Å². The Hall–Kier alpha value is -1.34. The minimum absolute atomic E-state index is 0. The Bertz CT molecular complexity index is 640. The number of carboxylic acids is 1. The highest BCUT2D eigenvalue weighted by Crippen LogP contribution is 2.40. The fourth-order valence-electron chi connectivity index (χ4n) is 5.98. The predicted octanol–water partition coefficient (Wildman–Crippen LogP) is 3.92. The number of carbonyl (C=O) groups excluding carboxylic acids is 2. The zero-order valence-corrected chi connectivity index (χ0v) is 20.4. The first-order valence-electron chi connectivity index (χ1n) is 12.4. The lowest BCUT2D eigenvalue weighted by Crippen LogP contribution is -2.55. The number of ether oxygens (including phenoxy) is 1. The summed E-state index contributed by atoms with van der Waals surface area (Å²) in [6.07, 6.45) is 12.4. The highest BCUT2D eigenvalue weighted by atomic mass is 35.5. The molecule has 2 saturated carbocycles. The number of carboxylic acid groups (broad SMARTS) is 1. The van der Waals surface area contributed by atoms with Gasteiger partial charge in [-0.1, -0.05) is 44.9 Å². The van der Waals surface area contributed by atoms with Crippen molar-refractivity contribution >= 4 is 30.3 Å². The Labute approximate surface area is 198 Å². The number of halogens is 1. The Balaban J connectivity index is 0.00000363. The molecular weight excluding hydrogens is 432 g/mol. The molecule has 2 aliphatic carbocycles. The van der Waals surface area contributed by atoms with Crippen LogP contribution in [0.5, 0.6) is 0 Å². The SMILES string of the molecule is CCOC(=O)C(CCC1CCCCC1)N[C@@H](C)C(=O)N1[C@H](C(=O)O)C[C@H]2CCCC[C@@H]21.Cl. The van der Waals surface area contributed by atoms with Crippen molar-refractivity contribution in [2.24, 2.45) is 11.8 Å². The van der Waals surface area contributed by atoms with Gasteiger partial charge in [-0.25, -0.2) is 4.79 Å². The van der Waals surface area contributed by atoms with Gasteiger partial charge in [0.1, 0.15) is 12.1 Å². The lowest BCUT2D eigenvalue weighted by molar-refractivity contribution is -0.152. The summed E-state index contributed by atoms with van der Waals surface area (Å²) >= 11 is 0. The fourth-order valence-corrected chi connectivity index (χ4v) is 5.98. The van der Waals surface area contributed by atoms with Crippen LogP contribution < -0.4 is 5.32 Å². The molecular formula is C24H41ClN2O5. The van der Waals surface area contributed by atoms with Crippen LogP contribution in [0.4, 0.5) is 0 Å². The van der Waals surface area contributed by atoms with Crippen LogP contribution >= 0.6 is 12.4 Å². The number of hydrogen-bond donors (Lipinski definition) is 2. The monoisotopic (exact) mass is 472 g/mol. The average molecular weight is 473 g/mol. The van der Waals surface area contributed by atoms with E-state index in [9.17, 15) is 19.5 Å². The van der Waals surface area contributed by atoms with Gasteiger partial charge >= 0.3 is 11.9 Å². The summed E-state index contributed by atoms with van der Waals surface area (Å²) in [7, 11) is 0. The van der Waals surface area contributed by atoms with Crippen LogP contribution in [0.2, 0.25) is 0 Å². The molecule has 2 N–H and O–H groups in total. The van der Waals surface area contributed by atoms with E-state index < -0.39 is 24.1 Å². The van der Waals surface area contributed by atoms with E-state index in [2.05, 4.69) is 5.32 Å². The van der Waals surface area contributed by atoms with Gasteiger partial charge in [0.15, 0.2) is 0 Å². The van der Waals surface area contributed by atoms with Gasteiger partial charge in [0.25, 0.3) is 0 Å². The number of hydrogen-bond acceptors (Lipinski definition) is 5. The van der Waals surface area contributed by atoms with E-state index >= 15 is 0 Å². The van der Waals surface area contributed by atoms with Gasteiger partial charge in [0.05, 0.1) is 12.6 Å². The minimum atomic E-state index is -0.922. The van der Waals surface area contributed by atoms with E-state index in [0.29, 0.717) is 25.4 Å². The largest absolute Gasteiger partial charge is 0.480 e. The number of amides is 1. The molecule has 0 radical (unpaired) electrons. The van der Waals surface area contributed by atoms with Gasteiger partial charge in [-0.3, -0.25) is 14.9 Å². The quantitative estimate of drug-likeness (QED) is 0.494. The van der Waals surface area contributed by atoms with Crippen LogP contribution in [0.1, 0.15) is 90.9 Å². The molecule has 1 saturated heterocycles. The summed E-state index contributed by atoms with van der Waals surface area (Å²) in [5, 5.41) is 13.0. The average Bonchev–Trinajstić information content (AvgIpc) is 3.16. The number of esters is 1. The highest BCUT2D eigenvalue weighted by Gasteiger charge is 2.48. The molecule has 0 aromatic rings. The third-order valence-corrected chi connectivity index (χ3v) is 7.61. The summed E-state index contributed by atoms with van der Waals surface area (Å²) in [4.78, 5) is 39.5.